The van der Waals surface area contributed by atoms with Gasteiger partial charge in [-0.25, -0.2) is 15.0 Å². The molecule has 0 atom stereocenters. The van der Waals surface area contributed by atoms with Gasteiger partial charge in [0.2, 0.25) is 0 Å². The Labute approximate surface area is 221 Å². The Morgan fingerprint density at radius 2 is 0.921 bits per heavy atom. The third-order valence-corrected chi connectivity index (χ3v) is 6.95. The van der Waals surface area contributed by atoms with Crippen molar-refractivity contribution in [3.63, 3.8) is 0 Å². The van der Waals surface area contributed by atoms with E-state index in [4.69, 9.17) is 4.98 Å². The van der Waals surface area contributed by atoms with Crippen LogP contribution in [-0.2, 0) is 0 Å². The SMILES string of the molecule is c1ccc(-c2ccc(-c3cc(-c4ccc5cc6ccccc6cc5c4)cc(-c4ncccn4)n3)cc2)cc1. The van der Waals surface area contributed by atoms with Crippen LogP contribution in [0, 0.1) is 0 Å². The van der Waals surface area contributed by atoms with E-state index in [1.54, 1.807) is 12.4 Å². The molecule has 38 heavy (non-hydrogen) atoms. The molecule has 7 aromatic rings. The van der Waals surface area contributed by atoms with E-state index >= 15 is 0 Å². The summed E-state index contributed by atoms with van der Waals surface area (Å²) in [7, 11) is 0. The van der Waals surface area contributed by atoms with Crippen molar-refractivity contribution < 1.29 is 0 Å². The Kier molecular flexibility index (Phi) is 5.45. The standard InChI is InChI=1S/C35H23N3/c1-2-7-24(8-3-1)25-11-13-26(14-12-25)33-22-32(23-34(38-33)35-36-17-6-18-37-35)30-16-15-29-19-27-9-4-5-10-28(27)20-31(29)21-30/h1-23H. The van der Waals surface area contributed by atoms with Gasteiger partial charge in [0.15, 0.2) is 5.82 Å². The van der Waals surface area contributed by atoms with Crippen LogP contribution in [0.4, 0.5) is 0 Å². The molecule has 0 aliphatic carbocycles. The molecule has 0 fully saturated rings. The van der Waals surface area contributed by atoms with E-state index in [0.29, 0.717) is 5.82 Å². The molecular weight excluding hydrogens is 462 g/mol. The van der Waals surface area contributed by atoms with Crippen LogP contribution in [0.25, 0.3) is 66.6 Å². The van der Waals surface area contributed by atoms with Crippen molar-refractivity contribution in [2.75, 3.05) is 0 Å². The van der Waals surface area contributed by atoms with Gasteiger partial charge in [-0.3, -0.25) is 0 Å². The Morgan fingerprint density at radius 1 is 0.342 bits per heavy atom. The van der Waals surface area contributed by atoms with E-state index in [1.807, 2.05) is 12.1 Å². The predicted molar refractivity (Wildman–Crippen MR) is 157 cm³/mol. The van der Waals surface area contributed by atoms with Crippen LogP contribution in [0.15, 0.2) is 140 Å². The molecule has 3 nitrogen and oxygen atoms in total. The van der Waals surface area contributed by atoms with Gasteiger partial charge in [0, 0.05) is 18.0 Å². The summed E-state index contributed by atoms with van der Waals surface area (Å²) in [5.74, 6) is 0.614. The maximum Gasteiger partial charge on any atom is 0.178 e. The third kappa shape index (κ3) is 4.21. The van der Waals surface area contributed by atoms with Gasteiger partial charge in [-0.05, 0) is 80.2 Å². The summed E-state index contributed by atoms with van der Waals surface area (Å²) in [6.45, 7) is 0. The minimum absolute atomic E-state index is 0.614. The summed E-state index contributed by atoms with van der Waals surface area (Å²) >= 11 is 0. The maximum atomic E-state index is 4.98. The van der Waals surface area contributed by atoms with Gasteiger partial charge in [0.1, 0.15) is 5.69 Å². The van der Waals surface area contributed by atoms with Crippen LogP contribution in [0.3, 0.4) is 0 Å². The molecule has 0 aliphatic heterocycles. The van der Waals surface area contributed by atoms with Crippen LogP contribution in [0.5, 0.6) is 0 Å². The fraction of sp³-hybridized carbons (Fsp3) is 0. The van der Waals surface area contributed by atoms with Gasteiger partial charge in [-0.1, -0.05) is 91.0 Å². The predicted octanol–water partition coefficient (Wildman–Crippen LogP) is 8.85. The number of benzene rings is 5. The summed E-state index contributed by atoms with van der Waals surface area (Å²) in [6, 6.07) is 44.7. The molecule has 0 saturated heterocycles. The molecule has 0 amide bonds. The Balaban J connectivity index is 1.36. The number of rotatable bonds is 4. The summed E-state index contributed by atoms with van der Waals surface area (Å²) in [6.07, 6.45) is 3.51. The van der Waals surface area contributed by atoms with Gasteiger partial charge in [0.25, 0.3) is 0 Å². The number of pyridine rings is 1. The molecule has 0 bridgehead atoms. The van der Waals surface area contributed by atoms with E-state index in [-0.39, 0.29) is 0 Å². The zero-order valence-corrected chi connectivity index (χ0v) is 20.6. The first-order valence-corrected chi connectivity index (χ1v) is 12.7. The van der Waals surface area contributed by atoms with Crippen molar-refractivity contribution >= 4 is 21.5 Å². The van der Waals surface area contributed by atoms with E-state index in [9.17, 15) is 0 Å². The monoisotopic (exact) mass is 485 g/mol. The molecule has 0 radical (unpaired) electrons. The lowest BCUT2D eigenvalue weighted by molar-refractivity contribution is 1.14. The van der Waals surface area contributed by atoms with Crippen LogP contribution < -0.4 is 0 Å². The van der Waals surface area contributed by atoms with E-state index in [1.165, 1.54) is 32.7 Å². The molecule has 0 saturated carbocycles. The number of aromatic nitrogens is 3. The second-order valence-electron chi connectivity index (χ2n) is 9.40. The summed E-state index contributed by atoms with van der Waals surface area (Å²) in [4.78, 5) is 13.9. The first-order valence-electron chi connectivity index (χ1n) is 12.7. The molecule has 3 heteroatoms. The zero-order valence-electron chi connectivity index (χ0n) is 20.6. The Morgan fingerprint density at radius 3 is 1.68 bits per heavy atom. The average molecular weight is 486 g/mol. The number of hydrogen-bond acceptors (Lipinski definition) is 3. The Hall–Kier alpha value is -5.15. The minimum Gasteiger partial charge on any atom is -0.244 e. The first-order chi connectivity index (χ1) is 18.8. The van der Waals surface area contributed by atoms with Crippen LogP contribution >= 0.6 is 0 Å². The smallest absolute Gasteiger partial charge is 0.178 e. The van der Waals surface area contributed by atoms with Crippen molar-refractivity contribution in [1.29, 1.82) is 0 Å². The van der Waals surface area contributed by atoms with E-state index in [0.717, 1.165) is 28.1 Å². The number of fused-ring (bicyclic) bond motifs is 2. The van der Waals surface area contributed by atoms with Crippen LogP contribution in [-0.4, -0.2) is 15.0 Å². The third-order valence-electron chi connectivity index (χ3n) is 6.95. The van der Waals surface area contributed by atoms with E-state index in [2.05, 4.69) is 125 Å². The second-order valence-corrected chi connectivity index (χ2v) is 9.40. The van der Waals surface area contributed by atoms with Gasteiger partial charge >= 0.3 is 0 Å². The molecule has 0 aliphatic rings. The number of nitrogens with zero attached hydrogens (tertiary/aromatic N) is 3. The highest BCUT2D eigenvalue weighted by molar-refractivity contribution is 5.99. The van der Waals surface area contributed by atoms with Gasteiger partial charge in [-0.15, -0.1) is 0 Å². The highest BCUT2D eigenvalue weighted by Gasteiger charge is 2.12. The minimum atomic E-state index is 0.614. The van der Waals surface area contributed by atoms with Gasteiger partial charge in [-0.2, -0.15) is 0 Å². The summed E-state index contributed by atoms with van der Waals surface area (Å²) in [5.41, 5.74) is 7.29. The first kappa shape index (κ1) is 22.1. The lowest BCUT2D eigenvalue weighted by Gasteiger charge is -2.11. The molecule has 2 aromatic heterocycles. The average Bonchev–Trinajstić information content (AvgIpc) is 3.00. The van der Waals surface area contributed by atoms with Crippen molar-refractivity contribution in [3.05, 3.63) is 140 Å². The van der Waals surface area contributed by atoms with Crippen molar-refractivity contribution in [2.24, 2.45) is 0 Å². The lowest BCUT2D eigenvalue weighted by Crippen LogP contribution is -1.94. The summed E-state index contributed by atoms with van der Waals surface area (Å²) in [5, 5.41) is 4.93. The van der Waals surface area contributed by atoms with Gasteiger partial charge < -0.3 is 0 Å². The molecule has 0 spiro atoms. The number of hydrogen-bond donors (Lipinski definition) is 0. The molecule has 0 N–H and O–H groups in total. The largest absolute Gasteiger partial charge is 0.244 e. The fourth-order valence-corrected chi connectivity index (χ4v) is 4.97. The summed E-state index contributed by atoms with van der Waals surface area (Å²) < 4.78 is 0. The molecule has 178 valence electrons. The van der Waals surface area contributed by atoms with Gasteiger partial charge in [0.05, 0.1) is 5.69 Å². The molecule has 5 aromatic carbocycles. The molecule has 0 unspecified atom stereocenters. The highest BCUT2D eigenvalue weighted by Crippen LogP contribution is 2.33. The normalized spacial score (nSPS) is 11.2. The maximum absolute atomic E-state index is 4.98. The molecule has 2 heterocycles. The lowest BCUT2D eigenvalue weighted by atomic mass is 9.97. The second kappa shape index (κ2) is 9.38. The van der Waals surface area contributed by atoms with Crippen molar-refractivity contribution in [1.82, 2.24) is 15.0 Å². The van der Waals surface area contributed by atoms with Crippen LogP contribution in [0.1, 0.15) is 0 Å². The fourth-order valence-electron chi connectivity index (χ4n) is 4.97. The topological polar surface area (TPSA) is 38.7 Å². The molecule has 7 rings (SSSR count). The zero-order chi connectivity index (χ0) is 25.3. The quantitative estimate of drug-likeness (QED) is 0.234. The molecular formula is C35H23N3. The highest BCUT2D eigenvalue weighted by atomic mass is 14.9. The van der Waals surface area contributed by atoms with Crippen molar-refractivity contribution in [2.45, 2.75) is 0 Å². The van der Waals surface area contributed by atoms with Crippen molar-refractivity contribution in [3.8, 4) is 45.0 Å². The van der Waals surface area contributed by atoms with Crippen LogP contribution in [0.2, 0.25) is 0 Å². The van der Waals surface area contributed by atoms with E-state index < -0.39 is 0 Å². The Bertz CT molecular complexity index is 1890.